The van der Waals surface area contributed by atoms with E-state index in [1.807, 2.05) is 18.2 Å². The van der Waals surface area contributed by atoms with E-state index < -0.39 is 0 Å². The molecule has 0 saturated heterocycles. The van der Waals surface area contributed by atoms with Crippen molar-refractivity contribution in [3.05, 3.63) is 30.3 Å². The Morgan fingerprint density at radius 1 is 1.04 bits per heavy atom. The average Bonchev–Trinajstić information content (AvgIpc) is 2.56. The minimum Gasteiger partial charge on any atom is -0.385 e. The van der Waals surface area contributed by atoms with E-state index in [2.05, 4.69) is 46.9 Å². The number of halogens is 1. The van der Waals surface area contributed by atoms with Crippen molar-refractivity contribution in [3.8, 4) is 0 Å². The summed E-state index contributed by atoms with van der Waals surface area (Å²) in [6, 6.07) is 10.3. The molecule has 0 spiro atoms. The van der Waals surface area contributed by atoms with Crippen LogP contribution >= 0.6 is 24.0 Å². The van der Waals surface area contributed by atoms with Crippen molar-refractivity contribution in [1.29, 1.82) is 0 Å². The maximum Gasteiger partial charge on any atom is 0.190 e. The molecule has 0 fully saturated rings. The highest BCUT2D eigenvalue weighted by molar-refractivity contribution is 14.0. The maximum atomic E-state index is 5.56. The number of hydrogen-bond donors (Lipinski definition) is 3. The Kier molecular flexibility index (Phi) is 14.8. The van der Waals surface area contributed by atoms with E-state index in [9.17, 15) is 0 Å². The van der Waals surface area contributed by atoms with Crippen LogP contribution in [0.5, 0.6) is 0 Å². The topological polar surface area (TPSA) is 57.7 Å². The number of benzene rings is 1. The molecule has 1 aromatic rings. The van der Waals surface area contributed by atoms with Gasteiger partial charge >= 0.3 is 0 Å². The van der Waals surface area contributed by atoms with Gasteiger partial charge in [0, 0.05) is 45.6 Å². The Hall–Kier alpha value is -1.02. The molecule has 0 saturated carbocycles. The number of anilines is 1. The molecule has 0 aliphatic heterocycles. The van der Waals surface area contributed by atoms with Gasteiger partial charge in [0.1, 0.15) is 0 Å². The van der Waals surface area contributed by atoms with Crippen LogP contribution in [-0.4, -0.2) is 45.9 Å². The lowest BCUT2D eigenvalue weighted by molar-refractivity contribution is 0.108. The van der Waals surface area contributed by atoms with Crippen molar-refractivity contribution >= 4 is 35.6 Å². The summed E-state index contributed by atoms with van der Waals surface area (Å²) >= 11 is 0. The third-order valence-electron chi connectivity index (χ3n) is 3.18. The number of guanidine groups is 1. The van der Waals surface area contributed by atoms with Crippen LogP contribution in [0.2, 0.25) is 0 Å². The van der Waals surface area contributed by atoms with Crippen LogP contribution < -0.4 is 16.0 Å². The molecule has 0 radical (unpaired) electrons. The van der Waals surface area contributed by atoms with E-state index in [0.29, 0.717) is 5.92 Å². The molecule has 1 aromatic carbocycles. The Balaban J connectivity index is 0.00000529. The quantitative estimate of drug-likeness (QED) is 0.210. The van der Waals surface area contributed by atoms with Gasteiger partial charge in [-0.15, -0.1) is 24.0 Å². The van der Waals surface area contributed by atoms with Crippen molar-refractivity contribution in [1.82, 2.24) is 10.6 Å². The summed E-state index contributed by atoms with van der Waals surface area (Å²) in [4.78, 5) is 4.22. The van der Waals surface area contributed by atoms with Crippen molar-refractivity contribution in [2.24, 2.45) is 10.9 Å². The Labute approximate surface area is 164 Å². The first kappa shape index (κ1) is 23.0. The van der Waals surface area contributed by atoms with Gasteiger partial charge in [0.15, 0.2) is 5.96 Å². The summed E-state index contributed by atoms with van der Waals surface area (Å²) in [5.41, 5.74) is 1.16. The fourth-order valence-electron chi connectivity index (χ4n) is 2.00. The predicted molar refractivity (Wildman–Crippen MR) is 115 cm³/mol. The molecule has 0 aliphatic rings. The normalized spacial score (nSPS) is 11.1. The fraction of sp³-hybridized carbons (Fsp3) is 0.611. The molecular weight excluding hydrogens is 415 g/mol. The highest BCUT2D eigenvalue weighted by Gasteiger charge is 1.98. The minimum absolute atomic E-state index is 0. The molecule has 0 amide bonds. The number of aliphatic imine (C=N–C) groups is 1. The third kappa shape index (κ3) is 12.4. The van der Waals surface area contributed by atoms with Gasteiger partial charge in [0.05, 0.1) is 0 Å². The number of nitrogens with zero attached hydrogens (tertiary/aromatic N) is 1. The molecule has 0 bridgehead atoms. The number of nitrogens with one attached hydrogen (secondary N) is 3. The van der Waals surface area contributed by atoms with Crippen LogP contribution in [0.15, 0.2) is 35.3 Å². The van der Waals surface area contributed by atoms with Crippen LogP contribution in [0.3, 0.4) is 0 Å². The number of ether oxygens (including phenoxy) is 1. The number of hydrogen-bond acceptors (Lipinski definition) is 3. The molecule has 0 aromatic heterocycles. The summed E-state index contributed by atoms with van der Waals surface area (Å²) in [7, 11) is 1.80. The molecule has 24 heavy (non-hydrogen) atoms. The number of rotatable bonds is 11. The third-order valence-corrected chi connectivity index (χ3v) is 3.18. The van der Waals surface area contributed by atoms with E-state index in [-0.39, 0.29) is 24.0 Å². The van der Waals surface area contributed by atoms with Gasteiger partial charge in [-0.25, -0.2) is 0 Å². The second kappa shape index (κ2) is 15.5. The second-order valence-corrected chi connectivity index (χ2v) is 5.89. The molecule has 0 unspecified atom stereocenters. The van der Waals surface area contributed by atoms with E-state index in [0.717, 1.165) is 57.3 Å². The molecule has 138 valence electrons. The van der Waals surface area contributed by atoms with Gasteiger partial charge in [-0.3, -0.25) is 4.99 Å². The summed E-state index contributed by atoms with van der Waals surface area (Å²) in [5, 5.41) is 10.0. The molecule has 6 heteroatoms. The minimum atomic E-state index is 0. The Morgan fingerprint density at radius 3 is 2.33 bits per heavy atom. The van der Waals surface area contributed by atoms with Crippen molar-refractivity contribution in [3.63, 3.8) is 0 Å². The Morgan fingerprint density at radius 2 is 1.71 bits per heavy atom. The lowest BCUT2D eigenvalue weighted by atomic mass is 10.2. The SMILES string of the molecule is CN=C(NCCCNc1ccccc1)NCCCOCC(C)C.I. The van der Waals surface area contributed by atoms with Crippen LogP contribution in [0.1, 0.15) is 26.7 Å². The van der Waals surface area contributed by atoms with Crippen LogP contribution in [0.25, 0.3) is 0 Å². The van der Waals surface area contributed by atoms with Gasteiger partial charge in [-0.1, -0.05) is 32.0 Å². The van der Waals surface area contributed by atoms with E-state index in [1.165, 1.54) is 0 Å². The van der Waals surface area contributed by atoms with Crippen molar-refractivity contribution < 1.29 is 4.74 Å². The molecule has 0 atom stereocenters. The second-order valence-electron chi connectivity index (χ2n) is 5.89. The van der Waals surface area contributed by atoms with E-state index in [4.69, 9.17) is 4.74 Å². The van der Waals surface area contributed by atoms with Crippen LogP contribution in [0.4, 0.5) is 5.69 Å². The lowest BCUT2D eigenvalue weighted by Gasteiger charge is -2.12. The zero-order valence-electron chi connectivity index (χ0n) is 15.2. The molecular formula is C18H33IN4O. The van der Waals surface area contributed by atoms with Crippen molar-refractivity contribution in [2.45, 2.75) is 26.7 Å². The van der Waals surface area contributed by atoms with Gasteiger partial charge in [0.25, 0.3) is 0 Å². The summed E-state index contributed by atoms with van der Waals surface area (Å²) in [6.07, 6.45) is 2.02. The predicted octanol–water partition coefficient (Wildman–Crippen LogP) is 3.33. The van der Waals surface area contributed by atoms with E-state index in [1.54, 1.807) is 7.05 Å². The van der Waals surface area contributed by atoms with Crippen LogP contribution in [-0.2, 0) is 4.74 Å². The highest BCUT2D eigenvalue weighted by atomic mass is 127. The summed E-state index contributed by atoms with van der Waals surface area (Å²) < 4.78 is 5.56. The largest absolute Gasteiger partial charge is 0.385 e. The van der Waals surface area contributed by atoms with Gasteiger partial charge in [-0.05, 0) is 30.9 Å². The summed E-state index contributed by atoms with van der Waals surface area (Å²) in [6.45, 7) is 8.67. The smallest absolute Gasteiger partial charge is 0.190 e. The average molecular weight is 448 g/mol. The highest BCUT2D eigenvalue weighted by Crippen LogP contribution is 2.04. The lowest BCUT2D eigenvalue weighted by Crippen LogP contribution is -2.38. The zero-order valence-corrected chi connectivity index (χ0v) is 17.5. The molecule has 3 N–H and O–H groups in total. The first-order valence-corrected chi connectivity index (χ1v) is 8.53. The monoisotopic (exact) mass is 448 g/mol. The Bertz CT molecular complexity index is 426. The fourth-order valence-corrected chi connectivity index (χ4v) is 2.00. The van der Waals surface area contributed by atoms with Crippen LogP contribution in [0, 0.1) is 5.92 Å². The standard InChI is InChI=1S/C18H32N4O.HI/c1-16(2)15-23-14-8-13-22-18(19-3)21-12-7-11-20-17-9-5-4-6-10-17;/h4-6,9-10,16,20H,7-8,11-15H2,1-3H3,(H2,19,21,22);1H. The first-order chi connectivity index (χ1) is 11.2. The van der Waals surface area contributed by atoms with Gasteiger partial charge in [0.2, 0.25) is 0 Å². The molecule has 0 aliphatic carbocycles. The molecule has 0 heterocycles. The molecule has 5 nitrogen and oxygen atoms in total. The molecule has 1 rings (SSSR count). The van der Waals surface area contributed by atoms with E-state index >= 15 is 0 Å². The first-order valence-electron chi connectivity index (χ1n) is 8.53. The van der Waals surface area contributed by atoms with Gasteiger partial charge < -0.3 is 20.7 Å². The zero-order chi connectivity index (χ0) is 16.8. The van der Waals surface area contributed by atoms with Gasteiger partial charge in [-0.2, -0.15) is 0 Å². The maximum absolute atomic E-state index is 5.56. The number of para-hydroxylation sites is 1. The van der Waals surface area contributed by atoms with Crippen molar-refractivity contribution in [2.75, 3.05) is 45.2 Å². The summed E-state index contributed by atoms with van der Waals surface area (Å²) in [5.74, 6) is 1.45.